The second-order valence-electron chi connectivity index (χ2n) is 6.27. The summed E-state index contributed by atoms with van der Waals surface area (Å²) in [6.07, 6.45) is 7.74. The van der Waals surface area contributed by atoms with Crippen molar-refractivity contribution < 1.29 is 9.59 Å². The van der Waals surface area contributed by atoms with Crippen LogP contribution in [-0.4, -0.2) is 53.6 Å². The van der Waals surface area contributed by atoms with Gasteiger partial charge in [0, 0.05) is 38.1 Å². The van der Waals surface area contributed by atoms with Crippen LogP contribution in [0.5, 0.6) is 0 Å². The molecular weight excluding hydrogens is 308 g/mol. The summed E-state index contributed by atoms with van der Waals surface area (Å²) < 4.78 is 0. The highest BCUT2D eigenvalue weighted by Gasteiger charge is 2.25. The number of piperidine rings is 1. The number of aromatic nitrogens is 2. The van der Waals surface area contributed by atoms with Gasteiger partial charge in [0.05, 0.1) is 0 Å². The molecule has 1 aromatic rings. The summed E-state index contributed by atoms with van der Waals surface area (Å²) in [6, 6.07) is 1.22. The third kappa shape index (κ3) is 4.33. The average Bonchev–Trinajstić information content (AvgIpc) is 2.81. The monoisotopic (exact) mass is 332 g/mol. The van der Waals surface area contributed by atoms with Crippen molar-refractivity contribution in [3.63, 3.8) is 0 Å². The minimum absolute atomic E-state index is 0.0845. The number of nitrogens with zero attached hydrogens (tertiary/aromatic N) is 3. The van der Waals surface area contributed by atoms with E-state index in [1.807, 2.05) is 0 Å². The van der Waals surface area contributed by atoms with Crippen LogP contribution in [0.25, 0.3) is 0 Å². The maximum Gasteiger partial charge on any atom is 0.315 e. The van der Waals surface area contributed by atoms with Gasteiger partial charge < -0.3 is 20.9 Å². The lowest BCUT2D eigenvalue weighted by atomic mass is 10.1. The fourth-order valence-electron chi connectivity index (χ4n) is 3.14. The van der Waals surface area contributed by atoms with Crippen molar-refractivity contribution in [1.82, 2.24) is 25.9 Å². The van der Waals surface area contributed by atoms with Crippen molar-refractivity contribution in [3.8, 4) is 0 Å². The van der Waals surface area contributed by atoms with E-state index in [9.17, 15) is 9.59 Å². The number of hydrogen-bond donors (Lipinski definition) is 3. The van der Waals surface area contributed by atoms with E-state index in [2.05, 4.69) is 30.8 Å². The van der Waals surface area contributed by atoms with E-state index < -0.39 is 6.04 Å². The lowest BCUT2D eigenvalue weighted by molar-refractivity contribution is -0.122. The second-order valence-corrected chi connectivity index (χ2v) is 6.27. The second kappa shape index (κ2) is 7.94. The summed E-state index contributed by atoms with van der Waals surface area (Å²) >= 11 is 0. The molecule has 2 aliphatic rings. The predicted molar refractivity (Wildman–Crippen MR) is 89.6 cm³/mol. The van der Waals surface area contributed by atoms with E-state index in [0.717, 1.165) is 44.7 Å². The first-order chi connectivity index (χ1) is 11.7. The Hall–Kier alpha value is -2.38. The molecule has 3 heterocycles. The van der Waals surface area contributed by atoms with Crippen LogP contribution in [0.2, 0.25) is 0 Å². The summed E-state index contributed by atoms with van der Waals surface area (Å²) in [6.45, 7) is 2.30. The zero-order chi connectivity index (χ0) is 16.8. The van der Waals surface area contributed by atoms with E-state index in [-0.39, 0.29) is 18.0 Å². The largest absolute Gasteiger partial charge is 0.354 e. The number of amides is 3. The molecule has 0 aromatic carbocycles. The third-order valence-corrected chi connectivity index (χ3v) is 4.51. The van der Waals surface area contributed by atoms with Gasteiger partial charge >= 0.3 is 6.03 Å². The Morgan fingerprint density at radius 2 is 1.88 bits per heavy atom. The number of hydrogen-bond acceptors (Lipinski definition) is 5. The summed E-state index contributed by atoms with van der Waals surface area (Å²) in [7, 11) is 0. The molecule has 0 spiro atoms. The Morgan fingerprint density at radius 3 is 2.62 bits per heavy atom. The first kappa shape index (κ1) is 16.5. The fraction of sp³-hybridized carbons (Fsp3) is 0.625. The molecule has 8 nitrogen and oxygen atoms in total. The van der Waals surface area contributed by atoms with E-state index in [1.54, 1.807) is 18.5 Å². The summed E-state index contributed by atoms with van der Waals surface area (Å²) in [4.78, 5) is 34.6. The van der Waals surface area contributed by atoms with E-state index >= 15 is 0 Å². The Bertz CT molecular complexity index is 559. The zero-order valence-electron chi connectivity index (χ0n) is 13.7. The van der Waals surface area contributed by atoms with E-state index in [1.165, 1.54) is 0 Å². The zero-order valence-corrected chi connectivity index (χ0v) is 13.7. The van der Waals surface area contributed by atoms with Gasteiger partial charge in [0.2, 0.25) is 11.9 Å². The molecule has 0 unspecified atom stereocenters. The maximum absolute atomic E-state index is 12.1. The van der Waals surface area contributed by atoms with Crippen molar-refractivity contribution in [3.05, 3.63) is 18.5 Å². The number of anilines is 1. The molecule has 3 amide bonds. The van der Waals surface area contributed by atoms with Crippen molar-refractivity contribution in [2.24, 2.45) is 0 Å². The average molecular weight is 332 g/mol. The van der Waals surface area contributed by atoms with Crippen molar-refractivity contribution in [2.45, 2.75) is 44.2 Å². The van der Waals surface area contributed by atoms with Crippen LogP contribution >= 0.6 is 0 Å². The first-order valence-corrected chi connectivity index (χ1v) is 8.59. The van der Waals surface area contributed by atoms with Crippen molar-refractivity contribution in [1.29, 1.82) is 0 Å². The molecule has 2 saturated heterocycles. The molecule has 2 fully saturated rings. The van der Waals surface area contributed by atoms with Gasteiger partial charge in [0.25, 0.3) is 0 Å². The SMILES string of the molecule is O=C(NC1CCN(c2ncccn2)CC1)N[C@H]1CCCCNC1=O. The van der Waals surface area contributed by atoms with Gasteiger partial charge in [-0.3, -0.25) is 4.79 Å². The molecule has 1 aromatic heterocycles. The predicted octanol–water partition coefficient (Wildman–Crippen LogP) is 0.413. The fourth-order valence-corrected chi connectivity index (χ4v) is 3.14. The highest BCUT2D eigenvalue weighted by atomic mass is 16.2. The van der Waals surface area contributed by atoms with E-state index in [4.69, 9.17) is 0 Å². The molecule has 2 aliphatic heterocycles. The highest BCUT2D eigenvalue weighted by molar-refractivity contribution is 5.87. The number of nitrogens with one attached hydrogen (secondary N) is 3. The van der Waals surface area contributed by atoms with Gasteiger partial charge in [0.15, 0.2) is 0 Å². The van der Waals surface area contributed by atoms with Gasteiger partial charge in [-0.15, -0.1) is 0 Å². The molecule has 0 saturated carbocycles. The molecule has 0 aliphatic carbocycles. The van der Waals surface area contributed by atoms with Crippen LogP contribution in [0.4, 0.5) is 10.7 Å². The number of carbonyl (C=O) groups is 2. The molecular formula is C16H24N6O2. The molecule has 8 heteroatoms. The van der Waals surface area contributed by atoms with Crippen LogP contribution < -0.4 is 20.9 Å². The molecule has 130 valence electrons. The third-order valence-electron chi connectivity index (χ3n) is 4.51. The maximum atomic E-state index is 12.1. The topological polar surface area (TPSA) is 99.2 Å². The van der Waals surface area contributed by atoms with Gasteiger partial charge in [-0.05, 0) is 38.2 Å². The standard InChI is InChI=1S/C16H24N6O2/c23-14-13(4-1-2-7-17-14)21-16(24)20-12-5-10-22(11-6-12)15-18-8-3-9-19-15/h3,8-9,12-13H,1-2,4-7,10-11H2,(H,17,23)(H2,20,21,24)/t13-/m0/s1. The van der Waals surface area contributed by atoms with Crippen LogP contribution in [0.1, 0.15) is 32.1 Å². The highest BCUT2D eigenvalue weighted by Crippen LogP contribution is 2.15. The van der Waals surface area contributed by atoms with Crippen LogP contribution in [0, 0.1) is 0 Å². The summed E-state index contributed by atoms with van der Waals surface area (Å²) in [5, 5.41) is 8.61. The van der Waals surface area contributed by atoms with Crippen molar-refractivity contribution in [2.75, 3.05) is 24.5 Å². The molecule has 24 heavy (non-hydrogen) atoms. The van der Waals surface area contributed by atoms with E-state index in [0.29, 0.717) is 13.0 Å². The Kier molecular flexibility index (Phi) is 5.45. The Labute approximate surface area is 141 Å². The summed E-state index contributed by atoms with van der Waals surface area (Å²) in [5.41, 5.74) is 0. The molecule has 3 N–H and O–H groups in total. The molecule has 0 bridgehead atoms. The van der Waals surface area contributed by atoms with Gasteiger partial charge in [-0.25, -0.2) is 14.8 Å². The number of carbonyl (C=O) groups excluding carboxylic acids is 2. The minimum Gasteiger partial charge on any atom is -0.354 e. The van der Waals surface area contributed by atoms with Gasteiger partial charge in [0.1, 0.15) is 6.04 Å². The minimum atomic E-state index is -0.426. The lowest BCUT2D eigenvalue weighted by Gasteiger charge is -2.32. The van der Waals surface area contributed by atoms with Crippen LogP contribution in [-0.2, 0) is 4.79 Å². The quantitative estimate of drug-likeness (QED) is 0.745. The normalized spacial score (nSPS) is 22.4. The molecule has 0 radical (unpaired) electrons. The van der Waals surface area contributed by atoms with Gasteiger partial charge in [-0.2, -0.15) is 0 Å². The van der Waals surface area contributed by atoms with Gasteiger partial charge in [-0.1, -0.05) is 0 Å². The van der Waals surface area contributed by atoms with Crippen molar-refractivity contribution >= 4 is 17.9 Å². The van der Waals surface area contributed by atoms with Crippen LogP contribution in [0.15, 0.2) is 18.5 Å². The number of rotatable bonds is 3. The summed E-state index contributed by atoms with van der Waals surface area (Å²) in [5.74, 6) is 0.647. The van der Waals surface area contributed by atoms with Crippen LogP contribution in [0.3, 0.4) is 0 Å². The Morgan fingerprint density at radius 1 is 1.12 bits per heavy atom. The smallest absolute Gasteiger partial charge is 0.315 e. The molecule has 1 atom stereocenters. The number of urea groups is 1. The first-order valence-electron chi connectivity index (χ1n) is 8.59. The Balaban J connectivity index is 1.44. The lowest BCUT2D eigenvalue weighted by Crippen LogP contribution is -2.53. The molecule has 3 rings (SSSR count).